The molecule has 2 aromatic carbocycles. The molecule has 0 bridgehead atoms. The molecule has 29 heavy (non-hydrogen) atoms. The first-order chi connectivity index (χ1) is 14.1. The van der Waals surface area contributed by atoms with Crippen LogP contribution in [0, 0.1) is 0 Å². The molecule has 146 valence electrons. The van der Waals surface area contributed by atoms with E-state index in [1.165, 1.54) is 6.33 Å². The molecule has 0 saturated carbocycles. The third-order valence-corrected chi connectivity index (χ3v) is 5.63. The molecule has 1 aliphatic carbocycles. The summed E-state index contributed by atoms with van der Waals surface area (Å²) in [4.78, 5) is 17.6. The van der Waals surface area contributed by atoms with E-state index < -0.39 is 6.04 Å². The Morgan fingerprint density at radius 3 is 2.72 bits per heavy atom. The number of phenols is 1. The molecule has 0 spiro atoms. The molecule has 0 unspecified atom stereocenters. The minimum absolute atomic E-state index is 0.0778. The molecule has 2 atom stereocenters. The number of benzene rings is 2. The number of aromatic hydroxyl groups is 1. The van der Waals surface area contributed by atoms with Crippen molar-refractivity contribution in [3.8, 4) is 11.5 Å². The number of Topliss-reactive ketones (excluding diaryl/α,β-unsaturated/α-hetero) is 1. The van der Waals surface area contributed by atoms with E-state index in [1.54, 1.807) is 30.0 Å². The minimum atomic E-state index is -0.403. The molecule has 5 rings (SSSR count). The van der Waals surface area contributed by atoms with Gasteiger partial charge in [-0.05, 0) is 47.7 Å². The molecule has 1 aliphatic heterocycles. The summed E-state index contributed by atoms with van der Waals surface area (Å²) in [6.07, 6.45) is 2.60. The molecule has 7 heteroatoms. The van der Waals surface area contributed by atoms with Crippen LogP contribution in [0.2, 0.25) is 0 Å². The lowest BCUT2D eigenvalue weighted by Crippen LogP contribution is -2.33. The van der Waals surface area contributed by atoms with Gasteiger partial charge in [0, 0.05) is 17.7 Å². The third kappa shape index (κ3) is 2.95. The van der Waals surface area contributed by atoms with Crippen LogP contribution < -0.4 is 10.1 Å². The predicted octanol–water partition coefficient (Wildman–Crippen LogP) is 3.41. The number of allylic oxidation sites excluding steroid dienone is 2. The van der Waals surface area contributed by atoms with Crippen LogP contribution in [-0.2, 0) is 4.79 Å². The second-order valence-corrected chi connectivity index (χ2v) is 7.34. The van der Waals surface area contributed by atoms with Crippen LogP contribution in [-0.4, -0.2) is 32.8 Å². The van der Waals surface area contributed by atoms with E-state index in [0.29, 0.717) is 24.4 Å². The lowest BCUT2D eigenvalue weighted by molar-refractivity contribution is -0.116. The smallest absolute Gasteiger partial charge is 0.226 e. The van der Waals surface area contributed by atoms with Crippen LogP contribution in [0.5, 0.6) is 11.5 Å². The summed E-state index contributed by atoms with van der Waals surface area (Å²) < 4.78 is 6.95. The number of nitrogens with zero attached hydrogens (tertiary/aromatic N) is 3. The maximum atomic E-state index is 13.3. The normalized spacial score (nSPS) is 20.7. The zero-order chi connectivity index (χ0) is 20.0. The highest BCUT2D eigenvalue weighted by atomic mass is 16.5. The van der Waals surface area contributed by atoms with Crippen molar-refractivity contribution in [2.45, 2.75) is 24.8 Å². The Morgan fingerprint density at radius 2 is 1.97 bits per heavy atom. The highest BCUT2D eigenvalue weighted by molar-refractivity contribution is 6.00. The van der Waals surface area contributed by atoms with Gasteiger partial charge in [-0.3, -0.25) is 4.79 Å². The minimum Gasteiger partial charge on any atom is -0.508 e. The van der Waals surface area contributed by atoms with Crippen LogP contribution in [0.15, 0.2) is 66.1 Å². The van der Waals surface area contributed by atoms with Gasteiger partial charge in [0.15, 0.2) is 5.78 Å². The lowest BCUT2D eigenvalue weighted by Gasteiger charge is -2.35. The van der Waals surface area contributed by atoms with E-state index in [1.807, 2.05) is 30.3 Å². The molecule has 3 aromatic rings. The quantitative estimate of drug-likeness (QED) is 0.715. The average molecular weight is 388 g/mol. The van der Waals surface area contributed by atoms with Gasteiger partial charge in [0.25, 0.3) is 0 Å². The monoisotopic (exact) mass is 388 g/mol. The lowest BCUT2D eigenvalue weighted by atomic mass is 9.78. The number of hydrogen-bond acceptors (Lipinski definition) is 6. The summed E-state index contributed by atoms with van der Waals surface area (Å²) in [6.45, 7) is 0. The molecule has 0 amide bonds. The van der Waals surface area contributed by atoms with Gasteiger partial charge in [-0.25, -0.2) is 4.68 Å². The van der Waals surface area contributed by atoms with E-state index in [-0.39, 0.29) is 17.5 Å². The molecule has 1 aromatic heterocycles. The Balaban J connectivity index is 1.56. The first kappa shape index (κ1) is 17.5. The van der Waals surface area contributed by atoms with Gasteiger partial charge in [-0.2, -0.15) is 10.1 Å². The van der Waals surface area contributed by atoms with Crippen molar-refractivity contribution >= 4 is 11.7 Å². The second-order valence-electron chi connectivity index (χ2n) is 7.34. The van der Waals surface area contributed by atoms with E-state index in [9.17, 15) is 9.90 Å². The Hall–Kier alpha value is -3.61. The number of phenolic OH excluding ortho intramolecular Hbond substituents is 1. The molecule has 2 aliphatic rings. The summed E-state index contributed by atoms with van der Waals surface area (Å²) in [5, 5.41) is 17.6. The largest absolute Gasteiger partial charge is 0.508 e. The molecule has 2 N–H and O–H groups in total. The van der Waals surface area contributed by atoms with Crippen molar-refractivity contribution in [2.75, 3.05) is 12.4 Å². The van der Waals surface area contributed by atoms with Gasteiger partial charge in [0.05, 0.1) is 7.11 Å². The van der Waals surface area contributed by atoms with Crippen LogP contribution >= 0.6 is 0 Å². The topological polar surface area (TPSA) is 89.3 Å². The van der Waals surface area contributed by atoms with E-state index >= 15 is 0 Å². The van der Waals surface area contributed by atoms with Crippen molar-refractivity contribution in [3.05, 3.63) is 77.3 Å². The number of rotatable bonds is 3. The number of anilines is 1. The van der Waals surface area contributed by atoms with Gasteiger partial charge < -0.3 is 15.2 Å². The van der Waals surface area contributed by atoms with E-state index in [0.717, 1.165) is 22.6 Å². The van der Waals surface area contributed by atoms with Crippen LogP contribution in [0.1, 0.15) is 35.9 Å². The highest BCUT2D eigenvalue weighted by Gasteiger charge is 2.39. The summed E-state index contributed by atoms with van der Waals surface area (Å²) in [5.74, 6) is 1.71. The summed E-state index contributed by atoms with van der Waals surface area (Å²) in [7, 11) is 1.64. The first-order valence-electron chi connectivity index (χ1n) is 9.49. The zero-order valence-corrected chi connectivity index (χ0v) is 15.9. The van der Waals surface area contributed by atoms with Gasteiger partial charge in [0.1, 0.15) is 23.9 Å². The second kappa shape index (κ2) is 6.77. The number of ether oxygens (including phenoxy) is 1. The number of methoxy groups -OCH3 is 1. The SMILES string of the molecule is COc1ccc([C@H]2CC(=O)C3=C(C2)Nc2ncnn2[C@@H]3c2cccc(O)c2)cc1. The van der Waals surface area contributed by atoms with Gasteiger partial charge >= 0.3 is 0 Å². The number of carbonyl (C=O) groups excluding carboxylic acids is 1. The van der Waals surface area contributed by atoms with Gasteiger partial charge in [0.2, 0.25) is 5.95 Å². The number of hydrogen-bond donors (Lipinski definition) is 2. The van der Waals surface area contributed by atoms with Crippen molar-refractivity contribution in [1.29, 1.82) is 0 Å². The summed E-state index contributed by atoms with van der Waals surface area (Å²) in [6, 6.07) is 14.4. The number of ketones is 1. The Kier molecular flexibility index (Phi) is 4.08. The van der Waals surface area contributed by atoms with E-state index in [4.69, 9.17) is 4.74 Å². The van der Waals surface area contributed by atoms with Crippen LogP contribution in [0.4, 0.5) is 5.95 Å². The van der Waals surface area contributed by atoms with E-state index in [2.05, 4.69) is 15.4 Å². The molecule has 0 saturated heterocycles. The van der Waals surface area contributed by atoms with Crippen molar-refractivity contribution in [3.63, 3.8) is 0 Å². The van der Waals surface area contributed by atoms with Crippen LogP contribution in [0.3, 0.4) is 0 Å². The Bertz CT molecular complexity index is 1120. The summed E-state index contributed by atoms with van der Waals surface area (Å²) >= 11 is 0. The average Bonchev–Trinajstić information content (AvgIpc) is 3.20. The van der Waals surface area contributed by atoms with Gasteiger partial charge in [-0.1, -0.05) is 24.3 Å². The van der Waals surface area contributed by atoms with Crippen molar-refractivity contribution in [1.82, 2.24) is 14.8 Å². The van der Waals surface area contributed by atoms with Crippen LogP contribution in [0.25, 0.3) is 0 Å². The van der Waals surface area contributed by atoms with Gasteiger partial charge in [-0.15, -0.1) is 0 Å². The number of nitrogens with one attached hydrogen (secondary N) is 1. The fourth-order valence-electron chi connectivity index (χ4n) is 4.27. The van der Waals surface area contributed by atoms with Crippen molar-refractivity contribution in [2.24, 2.45) is 0 Å². The number of carbonyl (C=O) groups is 1. The third-order valence-electron chi connectivity index (χ3n) is 5.63. The number of fused-ring (bicyclic) bond motifs is 1. The standard InChI is InChI=1S/C22H20N4O3/c1-29-17-7-5-13(6-8-17)15-10-18-20(19(28)11-15)21(14-3-2-4-16(27)9-14)26-22(25-18)23-12-24-26/h2-9,12,15,21,27H,10-11H2,1H3,(H,23,24,25)/t15-,21-/m1/s1. The fourth-order valence-corrected chi connectivity index (χ4v) is 4.27. The maximum Gasteiger partial charge on any atom is 0.226 e. The fraction of sp³-hybridized carbons (Fsp3) is 0.227. The molecule has 0 fully saturated rings. The Labute approximate surface area is 167 Å². The van der Waals surface area contributed by atoms with Crippen molar-refractivity contribution < 1.29 is 14.6 Å². The summed E-state index contributed by atoms with van der Waals surface area (Å²) in [5.41, 5.74) is 3.48. The predicted molar refractivity (Wildman–Crippen MR) is 107 cm³/mol. The number of aromatic nitrogens is 3. The molecule has 7 nitrogen and oxygen atoms in total. The molecular formula is C22H20N4O3. The maximum absolute atomic E-state index is 13.3. The molecule has 0 radical (unpaired) electrons. The zero-order valence-electron chi connectivity index (χ0n) is 15.9. The first-order valence-corrected chi connectivity index (χ1v) is 9.49. The Morgan fingerprint density at radius 1 is 1.14 bits per heavy atom. The molecular weight excluding hydrogens is 368 g/mol. The molecule has 2 heterocycles. The highest BCUT2D eigenvalue weighted by Crippen LogP contribution is 2.44.